The predicted octanol–water partition coefficient (Wildman–Crippen LogP) is 3.85. The quantitative estimate of drug-likeness (QED) is 0.864. The highest BCUT2D eigenvalue weighted by Gasteiger charge is 2.26. The molecule has 0 radical (unpaired) electrons. The average Bonchev–Trinajstić information content (AvgIpc) is 3.26. The van der Waals surface area contributed by atoms with Crippen molar-refractivity contribution in [3.63, 3.8) is 0 Å². The van der Waals surface area contributed by atoms with Gasteiger partial charge in [0.05, 0.1) is 13.2 Å². The summed E-state index contributed by atoms with van der Waals surface area (Å²) in [5, 5.41) is 5.98. The van der Waals surface area contributed by atoms with E-state index in [4.69, 9.17) is 9.47 Å². The molecule has 0 saturated carbocycles. The molecule has 2 aromatic carbocycles. The minimum Gasteiger partial charge on any atom is -0.493 e. The van der Waals surface area contributed by atoms with Crippen LogP contribution in [0.5, 0.6) is 11.5 Å². The first kappa shape index (κ1) is 17.7. The van der Waals surface area contributed by atoms with Gasteiger partial charge in [-0.05, 0) is 44.4 Å². The van der Waals surface area contributed by atoms with Crippen molar-refractivity contribution in [2.45, 2.75) is 40.0 Å². The largest absolute Gasteiger partial charge is 0.493 e. The second kappa shape index (κ2) is 7.14. The van der Waals surface area contributed by atoms with Gasteiger partial charge in [0.25, 0.3) is 0 Å². The molecule has 0 fully saturated rings. The van der Waals surface area contributed by atoms with E-state index in [-0.39, 0.29) is 6.03 Å². The Balaban J connectivity index is 1.42. The van der Waals surface area contributed by atoms with Gasteiger partial charge in [0.1, 0.15) is 11.5 Å². The van der Waals surface area contributed by atoms with Gasteiger partial charge in [-0.3, -0.25) is 0 Å². The monoisotopic (exact) mass is 366 g/mol. The van der Waals surface area contributed by atoms with Crippen LogP contribution in [0.1, 0.15) is 33.4 Å². The summed E-state index contributed by atoms with van der Waals surface area (Å²) in [6.07, 6.45) is 2.59. The van der Waals surface area contributed by atoms with Gasteiger partial charge in [0.15, 0.2) is 0 Å². The molecule has 5 nitrogen and oxygen atoms in total. The summed E-state index contributed by atoms with van der Waals surface area (Å²) < 4.78 is 11.6. The number of hydrogen-bond donors (Lipinski definition) is 2. The van der Waals surface area contributed by atoms with Crippen molar-refractivity contribution in [2.75, 3.05) is 25.1 Å². The van der Waals surface area contributed by atoms with E-state index in [2.05, 4.69) is 35.8 Å². The molecule has 0 unspecified atom stereocenters. The molecule has 0 spiro atoms. The zero-order valence-electron chi connectivity index (χ0n) is 16.2. The molecule has 0 aromatic heterocycles. The molecule has 2 amide bonds. The Morgan fingerprint density at radius 3 is 2.56 bits per heavy atom. The van der Waals surface area contributed by atoms with Crippen LogP contribution in [0, 0.1) is 20.8 Å². The zero-order valence-corrected chi connectivity index (χ0v) is 16.2. The highest BCUT2D eigenvalue weighted by atomic mass is 16.5. The molecule has 2 aliphatic rings. The molecule has 0 bridgehead atoms. The van der Waals surface area contributed by atoms with Crippen LogP contribution < -0.4 is 20.1 Å². The van der Waals surface area contributed by atoms with Crippen molar-refractivity contribution < 1.29 is 14.3 Å². The van der Waals surface area contributed by atoms with Gasteiger partial charge in [-0.25, -0.2) is 4.79 Å². The number of anilines is 1. The van der Waals surface area contributed by atoms with Crippen LogP contribution in [-0.2, 0) is 19.3 Å². The maximum Gasteiger partial charge on any atom is 0.319 e. The molecule has 0 saturated heterocycles. The number of urea groups is 1. The summed E-state index contributed by atoms with van der Waals surface area (Å²) >= 11 is 0. The van der Waals surface area contributed by atoms with E-state index in [1.807, 2.05) is 13.8 Å². The minimum atomic E-state index is -0.175. The number of amides is 2. The van der Waals surface area contributed by atoms with E-state index in [1.54, 1.807) is 0 Å². The molecular formula is C22H26N2O3. The Labute approximate surface area is 160 Å². The number of ether oxygens (including phenoxy) is 2. The van der Waals surface area contributed by atoms with Gasteiger partial charge < -0.3 is 20.1 Å². The SMILES string of the molecule is Cc1cc(C)c(NC(=O)NCCc2c3c(cc4c2OCC4)OCC3)c(C)c1. The summed E-state index contributed by atoms with van der Waals surface area (Å²) in [6, 6.07) is 6.11. The van der Waals surface area contributed by atoms with Crippen LogP contribution in [0.25, 0.3) is 0 Å². The second-order valence-electron chi connectivity index (χ2n) is 7.42. The van der Waals surface area contributed by atoms with Gasteiger partial charge in [-0.1, -0.05) is 17.7 Å². The number of fused-ring (bicyclic) bond motifs is 2. The molecule has 142 valence electrons. The van der Waals surface area contributed by atoms with E-state index < -0.39 is 0 Å². The highest BCUT2D eigenvalue weighted by molar-refractivity contribution is 5.91. The molecule has 0 atom stereocenters. The number of carbonyl (C=O) groups is 1. The molecule has 2 aliphatic heterocycles. The van der Waals surface area contributed by atoms with Crippen molar-refractivity contribution in [1.82, 2.24) is 5.32 Å². The third-order valence-corrected chi connectivity index (χ3v) is 5.34. The standard InChI is InChI=1S/C22H26N2O3/c1-13-10-14(2)20(15(3)11-13)24-22(25)23-7-4-18-17-6-9-26-19(17)12-16-5-8-27-21(16)18/h10-12H,4-9H2,1-3H3,(H2,23,24,25). The van der Waals surface area contributed by atoms with Crippen LogP contribution >= 0.6 is 0 Å². The first-order valence-corrected chi connectivity index (χ1v) is 9.59. The Morgan fingerprint density at radius 1 is 1.04 bits per heavy atom. The summed E-state index contributed by atoms with van der Waals surface area (Å²) in [5.41, 5.74) is 7.89. The number of rotatable bonds is 4. The minimum absolute atomic E-state index is 0.175. The van der Waals surface area contributed by atoms with Gasteiger partial charge in [-0.2, -0.15) is 0 Å². The smallest absolute Gasteiger partial charge is 0.319 e. The lowest BCUT2D eigenvalue weighted by Gasteiger charge is -2.15. The third kappa shape index (κ3) is 3.46. The zero-order chi connectivity index (χ0) is 19.0. The van der Waals surface area contributed by atoms with Gasteiger partial charge in [-0.15, -0.1) is 0 Å². The lowest BCUT2D eigenvalue weighted by Crippen LogP contribution is -2.31. The van der Waals surface area contributed by atoms with E-state index >= 15 is 0 Å². The normalized spacial score (nSPS) is 14.2. The molecule has 2 N–H and O–H groups in total. The topological polar surface area (TPSA) is 59.6 Å². The van der Waals surface area contributed by atoms with E-state index in [0.29, 0.717) is 6.54 Å². The fourth-order valence-corrected chi connectivity index (χ4v) is 4.19. The van der Waals surface area contributed by atoms with E-state index in [0.717, 1.165) is 60.8 Å². The maximum atomic E-state index is 12.4. The van der Waals surface area contributed by atoms with Crippen molar-refractivity contribution in [2.24, 2.45) is 0 Å². The van der Waals surface area contributed by atoms with Crippen molar-refractivity contribution in [3.8, 4) is 11.5 Å². The first-order chi connectivity index (χ1) is 13.0. The Hall–Kier alpha value is -2.69. The first-order valence-electron chi connectivity index (χ1n) is 9.59. The number of hydrogen-bond acceptors (Lipinski definition) is 3. The molecule has 27 heavy (non-hydrogen) atoms. The van der Waals surface area contributed by atoms with Crippen LogP contribution in [0.3, 0.4) is 0 Å². The predicted molar refractivity (Wildman–Crippen MR) is 106 cm³/mol. The maximum absolute atomic E-state index is 12.4. The van der Waals surface area contributed by atoms with Crippen LogP contribution in [0.4, 0.5) is 10.5 Å². The van der Waals surface area contributed by atoms with E-state index in [1.165, 1.54) is 22.3 Å². The van der Waals surface area contributed by atoms with Gasteiger partial charge in [0.2, 0.25) is 0 Å². The van der Waals surface area contributed by atoms with Crippen molar-refractivity contribution in [3.05, 3.63) is 51.6 Å². The van der Waals surface area contributed by atoms with Crippen LogP contribution in [0.2, 0.25) is 0 Å². The molecule has 4 rings (SSSR count). The Morgan fingerprint density at radius 2 is 1.78 bits per heavy atom. The second-order valence-corrected chi connectivity index (χ2v) is 7.42. The number of carbonyl (C=O) groups excluding carboxylic acids is 1. The molecule has 2 heterocycles. The summed E-state index contributed by atoms with van der Waals surface area (Å²) in [6.45, 7) is 8.11. The molecule has 2 aromatic rings. The van der Waals surface area contributed by atoms with Crippen LogP contribution in [0.15, 0.2) is 18.2 Å². The summed E-state index contributed by atoms with van der Waals surface area (Å²) in [5.74, 6) is 2.00. The number of aryl methyl sites for hydroxylation is 3. The van der Waals surface area contributed by atoms with Gasteiger partial charge in [0, 0.05) is 41.8 Å². The molecular weight excluding hydrogens is 340 g/mol. The number of benzene rings is 2. The third-order valence-electron chi connectivity index (χ3n) is 5.34. The fourth-order valence-electron chi connectivity index (χ4n) is 4.19. The van der Waals surface area contributed by atoms with Crippen molar-refractivity contribution >= 4 is 11.7 Å². The lowest BCUT2D eigenvalue weighted by atomic mass is 9.97. The summed E-state index contributed by atoms with van der Waals surface area (Å²) in [7, 11) is 0. The average molecular weight is 366 g/mol. The lowest BCUT2D eigenvalue weighted by molar-refractivity contribution is 0.252. The van der Waals surface area contributed by atoms with Gasteiger partial charge >= 0.3 is 6.03 Å². The van der Waals surface area contributed by atoms with E-state index in [9.17, 15) is 4.79 Å². The Bertz CT molecular complexity index is 850. The molecule has 5 heteroatoms. The fraction of sp³-hybridized carbons (Fsp3) is 0.409. The van der Waals surface area contributed by atoms with Crippen molar-refractivity contribution in [1.29, 1.82) is 0 Å². The molecule has 0 aliphatic carbocycles. The van der Waals surface area contributed by atoms with Crippen LogP contribution in [-0.4, -0.2) is 25.8 Å². The Kier molecular flexibility index (Phi) is 4.68. The summed E-state index contributed by atoms with van der Waals surface area (Å²) in [4.78, 5) is 12.4. The number of nitrogens with one attached hydrogen (secondary N) is 2. The highest BCUT2D eigenvalue weighted by Crippen LogP contribution is 2.40.